The van der Waals surface area contributed by atoms with E-state index < -0.39 is 0 Å². The van der Waals surface area contributed by atoms with E-state index in [1.807, 2.05) is 61.5 Å². The lowest BCUT2D eigenvalue weighted by Gasteiger charge is -2.29. The lowest BCUT2D eigenvalue weighted by Crippen LogP contribution is -2.38. The molecule has 0 spiro atoms. The normalized spacial score (nSPS) is 16.7. The molecule has 3 amide bonds. The number of rotatable bonds is 6. The molecule has 2 aromatic heterocycles. The molecule has 2 aliphatic rings. The number of carbonyl (C=O) groups is 2. The number of para-hydroxylation sites is 1. The second-order valence-electron chi connectivity index (χ2n) is 9.43. The summed E-state index contributed by atoms with van der Waals surface area (Å²) < 4.78 is 5.96. The number of aromatic nitrogens is 1. The van der Waals surface area contributed by atoms with Crippen molar-refractivity contribution >= 4 is 64.0 Å². The first-order valence-corrected chi connectivity index (χ1v) is 13.2. The van der Waals surface area contributed by atoms with E-state index in [1.165, 1.54) is 11.3 Å². The van der Waals surface area contributed by atoms with Crippen molar-refractivity contribution in [2.45, 2.75) is 25.8 Å². The Morgan fingerprint density at radius 2 is 1.97 bits per heavy atom. The van der Waals surface area contributed by atoms with Gasteiger partial charge in [-0.25, -0.2) is 9.78 Å². The smallest absolute Gasteiger partial charge is 0.331 e. The molecule has 1 saturated heterocycles. The van der Waals surface area contributed by atoms with Crippen molar-refractivity contribution < 1.29 is 14.3 Å². The number of anilines is 3. The topological polar surface area (TPSA) is 86.8 Å². The van der Waals surface area contributed by atoms with E-state index in [0.717, 1.165) is 41.8 Å². The molecule has 2 aliphatic heterocycles. The molecule has 2 aromatic carbocycles. The number of likely N-dealkylation sites (tertiary alicyclic amines) is 1. The van der Waals surface area contributed by atoms with Gasteiger partial charge in [0.05, 0.1) is 22.4 Å². The van der Waals surface area contributed by atoms with Crippen molar-refractivity contribution in [3.05, 3.63) is 71.2 Å². The first-order valence-electron chi connectivity index (χ1n) is 12.3. The van der Waals surface area contributed by atoms with Crippen LogP contribution in [-0.2, 0) is 0 Å². The van der Waals surface area contributed by atoms with Gasteiger partial charge < -0.3 is 20.3 Å². The van der Waals surface area contributed by atoms with Crippen molar-refractivity contribution in [2.24, 2.45) is 0 Å². The number of thiophene rings is 1. The van der Waals surface area contributed by atoms with Crippen LogP contribution < -0.4 is 20.3 Å². The predicted octanol–water partition coefficient (Wildman–Crippen LogP) is 6.02. The Hall–Kier alpha value is -3.60. The maximum Gasteiger partial charge on any atom is 0.331 e. The van der Waals surface area contributed by atoms with Gasteiger partial charge >= 0.3 is 6.03 Å². The molecule has 4 aromatic rings. The Morgan fingerprint density at radius 1 is 1.16 bits per heavy atom. The summed E-state index contributed by atoms with van der Waals surface area (Å²) in [5, 5.41) is 6.82. The zero-order valence-electron chi connectivity index (χ0n) is 21.2. The standard InChI is InChI=1S/C28H27N5O3S.H2S/c1-17-15-20(36-19-8-4-3-5-9-19)10-11-21(17)33-22-12-13-29-27-23(22)24(31-28(33)35)25(37-27)26(34)30-16-18-7-6-14-32(18)2;/h3-5,8-13,15,18H,6-7,14,16H2,1-2H3,(H,30,34)(H,31,35);1H2/t18-;/m0./s1. The number of amides is 3. The number of hydrogen-bond donors (Lipinski definition) is 2. The van der Waals surface area contributed by atoms with Gasteiger partial charge in [0.2, 0.25) is 0 Å². The Kier molecular flexibility index (Phi) is 7.29. The van der Waals surface area contributed by atoms with Crippen LogP contribution in [0.1, 0.15) is 28.1 Å². The van der Waals surface area contributed by atoms with Gasteiger partial charge in [-0.15, -0.1) is 11.3 Å². The van der Waals surface area contributed by atoms with Crippen LogP contribution in [0.3, 0.4) is 0 Å². The third kappa shape index (κ3) is 4.70. The van der Waals surface area contributed by atoms with Crippen LogP contribution in [0, 0.1) is 6.92 Å². The molecule has 10 heteroatoms. The highest BCUT2D eigenvalue weighted by atomic mass is 32.1. The first kappa shape index (κ1) is 26.0. The van der Waals surface area contributed by atoms with Crippen molar-refractivity contribution in [2.75, 3.05) is 30.4 Å². The van der Waals surface area contributed by atoms with Gasteiger partial charge in [-0.2, -0.15) is 13.5 Å². The summed E-state index contributed by atoms with van der Waals surface area (Å²) in [6.07, 6.45) is 3.89. The predicted molar refractivity (Wildman–Crippen MR) is 157 cm³/mol. The van der Waals surface area contributed by atoms with Crippen LogP contribution in [0.2, 0.25) is 0 Å². The lowest BCUT2D eigenvalue weighted by molar-refractivity contribution is 0.0948. The number of pyridine rings is 1. The van der Waals surface area contributed by atoms with Gasteiger partial charge in [-0.05, 0) is 75.3 Å². The zero-order chi connectivity index (χ0) is 25.5. The van der Waals surface area contributed by atoms with E-state index in [4.69, 9.17) is 4.74 Å². The molecule has 1 atom stereocenters. The minimum absolute atomic E-state index is 0. The molecule has 6 rings (SSSR count). The van der Waals surface area contributed by atoms with E-state index >= 15 is 0 Å². The number of nitrogens with one attached hydrogen (secondary N) is 2. The van der Waals surface area contributed by atoms with Crippen LogP contribution in [0.15, 0.2) is 60.8 Å². The van der Waals surface area contributed by atoms with Crippen LogP contribution in [0.5, 0.6) is 11.5 Å². The quantitative estimate of drug-likeness (QED) is 0.308. The van der Waals surface area contributed by atoms with Crippen molar-refractivity contribution in [3.63, 3.8) is 0 Å². The van der Waals surface area contributed by atoms with Crippen LogP contribution in [-0.4, -0.2) is 48.0 Å². The summed E-state index contributed by atoms with van der Waals surface area (Å²) in [4.78, 5) is 36.2. The highest BCUT2D eigenvalue weighted by Crippen LogP contribution is 2.46. The molecule has 196 valence electrons. The average molecular weight is 548 g/mol. The molecule has 1 fully saturated rings. The van der Waals surface area contributed by atoms with E-state index in [-0.39, 0.29) is 25.4 Å². The molecule has 0 saturated carbocycles. The van der Waals surface area contributed by atoms with Crippen LogP contribution in [0.4, 0.5) is 21.9 Å². The Morgan fingerprint density at radius 3 is 2.71 bits per heavy atom. The van der Waals surface area contributed by atoms with Gasteiger partial charge in [0, 0.05) is 18.8 Å². The largest absolute Gasteiger partial charge is 0.457 e. The fraction of sp³-hybridized carbons (Fsp3) is 0.250. The monoisotopic (exact) mass is 547 g/mol. The number of nitrogens with zero attached hydrogens (tertiary/aromatic N) is 3. The highest BCUT2D eigenvalue weighted by molar-refractivity contribution is 7.59. The SMILES string of the molecule is Cc1cc(Oc2ccccc2)ccc1N1C(=O)Nc2c(C(=O)NC[C@@H]3CCCN3C)sc3nccc1c23.S. The summed E-state index contributed by atoms with van der Waals surface area (Å²) in [5.41, 5.74) is 2.85. The van der Waals surface area contributed by atoms with Gasteiger partial charge in [-0.3, -0.25) is 9.69 Å². The summed E-state index contributed by atoms with van der Waals surface area (Å²) in [6.45, 7) is 3.58. The van der Waals surface area contributed by atoms with Crippen molar-refractivity contribution in [1.29, 1.82) is 0 Å². The van der Waals surface area contributed by atoms with Crippen molar-refractivity contribution in [1.82, 2.24) is 15.2 Å². The molecular weight excluding hydrogens is 518 g/mol. The van der Waals surface area contributed by atoms with Gasteiger partial charge in [0.1, 0.15) is 21.2 Å². The summed E-state index contributed by atoms with van der Waals surface area (Å²) in [6, 6.07) is 17.1. The van der Waals surface area contributed by atoms with Crippen LogP contribution in [0.25, 0.3) is 10.2 Å². The van der Waals surface area contributed by atoms with Gasteiger partial charge in [0.25, 0.3) is 5.91 Å². The fourth-order valence-corrected chi connectivity index (χ4v) is 6.11. The molecule has 0 unspecified atom stereocenters. The van der Waals surface area contributed by atoms with Gasteiger partial charge in [0.15, 0.2) is 0 Å². The number of aryl methyl sites for hydroxylation is 1. The number of hydrogen-bond acceptors (Lipinski definition) is 6. The maximum atomic E-state index is 13.4. The fourth-order valence-electron chi connectivity index (χ4n) is 5.08. The number of urea groups is 1. The lowest BCUT2D eigenvalue weighted by atomic mass is 10.1. The minimum Gasteiger partial charge on any atom is -0.457 e. The molecule has 0 radical (unpaired) electrons. The van der Waals surface area contributed by atoms with Crippen molar-refractivity contribution in [3.8, 4) is 11.5 Å². The molecule has 38 heavy (non-hydrogen) atoms. The molecule has 2 N–H and O–H groups in total. The third-order valence-electron chi connectivity index (χ3n) is 7.01. The Balaban J connectivity index is 0.00000294. The molecule has 4 heterocycles. The summed E-state index contributed by atoms with van der Waals surface area (Å²) in [7, 11) is 2.08. The Labute approximate surface area is 232 Å². The molecule has 8 nitrogen and oxygen atoms in total. The minimum atomic E-state index is -0.317. The van der Waals surface area contributed by atoms with Crippen LogP contribution >= 0.6 is 24.8 Å². The summed E-state index contributed by atoms with van der Waals surface area (Å²) in [5.74, 6) is 1.25. The van der Waals surface area contributed by atoms with E-state index in [9.17, 15) is 9.59 Å². The Bertz CT molecular complexity index is 1510. The first-order chi connectivity index (χ1) is 18.0. The average Bonchev–Trinajstić information content (AvgIpc) is 3.48. The number of likely N-dealkylation sites (N-methyl/N-ethyl adjacent to an activating group) is 1. The molecule has 0 aliphatic carbocycles. The van der Waals surface area contributed by atoms with E-state index in [0.29, 0.717) is 39.4 Å². The highest BCUT2D eigenvalue weighted by Gasteiger charge is 2.33. The third-order valence-corrected chi connectivity index (χ3v) is 8.11. The van der Waals surface area contributed by atoms with E-state index in [1.54, 1.807) is 11.1 Å². The molecule has 0 bridgehead atoms. The number of benzene rings is 2. The number of carbonyl (C=O) groups excluding carboxylic acids is 2. The van der Waals surface area contributed by atoms with E-state index in [2.05, 4.69) is 27.6 Å². The second-order valence-corrected chi connectivity index (χ2v) is 10.4. The molecular formula is C28H29N5O3S2. The summed E-state index contributed by atoms with van der Waals surface area (Å²) >= 11 is 1.30. The zero-order valence-corrected chi connectivity index (χ0v) is 23.0. The maximum absolute atomic E-state index is 13.4. The second kappa shape index (κ2) is 10.6. The van der Waals surface area contributed by atoms with Gasteiger partial charge in [-0.1, -0.05) is 18.2 Å². The number of ether oxygens (including phenoxy) is 1.